The van der Waals surface area contributed by atoms with Crippen LogP contribution in [0.25, 0.3) is 0 Å². The van der Waals surface area contributed by atoms with Gasteiger partial charge in [0.1, 0.15) is 11.6 Å². The van der Waals surface area contributed by atoms with Gasteiger partial charge in [-0.05, 0) is 13.3 Å². The molecule has 0 unspecified atom stereocenters. The van der Waals surface area contributed by atoms with Crippen molar-refractivity contribution in [3.05, 3.63) is 0 Å². The third-order valence-corrected chi connectivity index (χ3v) is 3.76. The van der Waals surface area contributed by atoms with Gasteiger partial charge in [0, 0.05) is 6.42 Å². The molecule has 0 spiro atoms. The predicted octanol–water partition coefficient (Wildman–Crippen LogP) is 5.63. The van der Waals surface area contributed by atoms with Crippen LogP contribution < -0.4 is 0 Å². The van der Waals surface area contributed by atoms with Crippen molar-refractivity contribution in [1.82, 2.24) is 0 Å². The zero-order chi connectivity index (χ0) is 15.1. The molecule has 0 saturated carbocycles. The van der Waals surface area contributed by atoms with Crippen LogP contribution in [0.2, 0.25) is 0 Å². The van der Waals surface area contributed by atoms with Gasteiger partial charge in [-0.25, -0.2) is 0 Å². The number of carbonyl (C=O) groups excluding carboxylic acids is 2. The molecule has 0 aliphatic carbocycles. The molecule has 0 N–H and O–H groups in total. The van der Waals surface area contributed by atoms with Crippen LogP contribution in [0.4, 0.5) is 0 Å². The van der Waals surface area contributed by atoms with Crippen LogP contribution in [0.1, 0.15) is 104 Å². The monoisotopic (exact) mass is 282 g/mol. The largest absolute Gasteiger partial charge is 0.300 e. The molecule has 2 heteroatoms. The fraction of sp³-hybridized carbons (Fsp3) is 0.889. The molecule has 0 heterocycles. The van der Waals surface area contributed by atoms with Gasteiger partial charge < -0.3 is 0 Å². The van der Waals surface area contributed by atoms with Crippen LogP contribution in [-0.2, 0) is 9.59 Å². The summed E-state index contributed by atoms with van der Waals surface area (Å²) in [6.07, 6.45) is 16.4. The molecule has 0 atom stereocenters. The van der Waals surface area contributed by atoms with E-state index < -0.39 is 0 Å². The van der Waals surface area contributed by atoms with Gasteiger partial charge in [0.2, 0.25) is 0 Å². The molecule has 0 aromatic heterocycles. The number of rotatable bonds is 15. The van der Waals surface area contributed by atoms with E-state index in [1.165, 1.54) is 71.1 Å². The maximum Gasteiger partial charge on any atom is 0.140 e. The molecule has 0 aliphatic rings. The highest BCUT2D eigenvalue weighted by molar-refractivity contribution is 5.97. The van der Waals surface area contributed by atoms with Crippen LogP contribution >= 0.6 is 0 Å². The van der Waals surface area contributed by atoms with E-state index in [0.29, 0.717) is 6.42 Å². The lowest BCUT2D eigenvalue weighted by Crippen LogP contribution is -2.03. The van der Waals surface area contributed by atoms with E-state index in [9.17, 15) is 9.59 Å². The van der Waals surface area contributed by atoms with Crippen LogP contribution in [0, 0.1) is 0 Å². The first-order valence-corrected chi connectivity index (χ1v) is 8.68. The Morgan fingerprint density at radius 2 is 1.05 bits per heavy atom. The lowest BCUT2D eigenvalue weighted by molar-refractivity contribution is -0.125. The van der Waals surface area contributed by atoms with Crippen molar-refractivity contribution in [2.24, 2.45) is 0 Å². The standard InChI is InChI=1S/C18H34O2/c1-3-4-5-6-7-8-9-10-11-12-13-14-15-18(20)16-17(2)19/h3-16H2,1-2H3. The van der Waals surface area contributed by atoms with Gasteiger partial charge in [-0.1, -0.05) is 77.6 Å². The number of Topliss-reactive ketones (excluding diaryl/α,β-unsaturated/α-hetero) is 2. The van der Waals surface area contributed by atoms with Crippen molar-refractivity contribution in [2.45, 2.75) is 104 Å². The molecule has 118 valence electrons. The summed E-state index contributed by atoms with van der Waals surface area (Å²) in [5, 5.41) is 0. The van der Waals surface area contributed by atoms with E-state index >= 15 is 0 Å². The molecule has 0 bridgehead atoms. The zero-order valence-corrected chi connectivity index (χ0v) is 13.7. The van der Waals surface area contributed by atoms with E-state index in [-0.39, 0.29) is 18.0 Å². The average Bonchev–Trinajstić information content (AvgIpc) is 2.39. The smallest absolute Gasteiger partial charge is 0.140 e. The molecule has 0 fully saturated rings. The third kappa shape index (κ3) is 15.4. The predicted molar refractivity (Wildman–Crippen MR) is 86.0 cm³/mol. The lowest BCUT2D eigenvalue weighted by Gasteiger charge is -2.02. The summed E-state index contributed by atoms with van der Waals surface area (Å²) in [4.78, 5) is 22.1. The highest BCUT2D eigenvalue weighted by Gasteiger charge is 2.04. The van der Waals surface area contributed by atoms with Gasteiger partial charge in [-0.15, -0.1) is 0 Å². The Labute approximate surface area is 125 Å². The summed E-state index contributed by atoms with van der Waals surface area (Å²) < 4.78 is 0. The van der Waals surface area contributed by atoms with Crippen molar-refractivity contribution in [3.8, 4) is 0 Å². The third-order valence-electron chi connectivity index (χ3n) is 3.76. The Morgan fingerprint density at radius 3 is 1.45 bits per heavy atom. The highest BCUT2D eigenvalue weighted by Crippen LogP contribution is 2.12. The summed E-state index contributed by atoms with van der Waals surface area (Å²) >= 11 is 0. The fourth-order valence-electron chi connectivity index (χ4n) is 2.53. The van der Waals surface area contributed by atoms with Crippen LogP contribution in [0.3, 0.4) is 0 Å². The van der Waals surface area contributed by atoms with Crippen molar-refractivity contribution >= 4 is 11.6 Å². The molecule has 0 saturated heterocycles. The Balaban J connectivity index is 3.09. The summed E-state index contributed by atoms with van der Waals surface area (Å²) in [5.74, 6) is 0.110. The van der Waals surface area contributed by atoms with Gasteiger partial charge in [0.05, 0.1) is 6.42 Å². The molecule has 0 rings (SSSR count). The maximum atomic E-state index is 11.3. The Hall–Kier alpha value is -0.660. The first-order chi connectivity index (χ1) is 9.66. The molecule has 2 nitrogen and oxygen atoms in total. The Bertz CT molecular complexity index is 246. The molecular weight excluding hydrogens is 248 g/mol. The van der Waals surface area contributed by atoms with Gasteiger partial charge in [-0.2, -0.15) is 0 Å². The molecule has 0 aromatic carbocycles. The summed E-state index contributed by atoms with van der Waals surface area (Å²) in [6, 6.07) is 0. The summed E-state index contributed by atoms with van der Waals surface area (Å²) in [7, 11) is 0. The van der Waals surface area contributed by atoms with E-state index in [2.05, 4.69) is 6.92 Å². The van der Waals surface area contributed by atoms with Gasteiger partial charge in [-0.3, -0.25) is 9.59 Å². The number of hydrogen-bond acceptors (Lipinski definition) is 2. The quantitative estimate of drug-likeness (QED) is 0.288. The second-order valence-corrected chi connectivity index (χ2v) is 6.06. The molecular formula is C18H34O2. The number of unbranched alkanes of at least 4 members (excludes halogenated alkanes) is 11. The fourth-order valence-corrected chi connectivity index (χ4v) is 2.53. The summed E-state index contributed by atoms with van der Waals surface area (Å²) in [6.45, 7) is 3.74. The first-order valence-electron chi connectivity index (χ1n) is 8.68. The van der Waals surface area contributed by atoms with Crippen molar-refractivity contribution < 1.29 is 9.59 Å². The normalized spacial score (nSPS) is 10.7. The Morgan fingerprint density at radius 1 is 0.650 bits per heavy atom. The van der Waals surface area contributed by atoms with Crippen molar-refractivity contribution in [3.63, 3.8) is 0 Å². The minimum absolute atomic E-state index is 0.00561. The summed E-state index contributed by atoms with van der Waals surface area (Å²) in [5.41, 5.74) is 0. The van der Waals surface area contributed by atoms with Crippen LogP contribution in [-0.4, -0.2) is 11.6 Å². The van der Waals surface area contributed by atoms with Gasteiger partial charge >= 0.3 is 0 Å². The number of ketones is 2. The molecule has 0 radical (unpaired) electrons. The number of hydrogen-bond donors (Lipinski definition) is 0. The van der Waals surface area contributed by atoms with E-state index in [1.54, 1.807) is 0 Å². The zero-order valence-electron chi connectivity index (χ0n) is 13.7. The van der Waals surface area contributed by atoms with Gasteiger partial charge in [0.25, 0.3) is 0 Å². The second kappa shape index (κ2) is 14.7. The Kier molecular flexibility index (Phi) is 14.3. The molecule has 0 aliphatic heterocycles. The lowest BCUT2D eigenvalue weighted by atomic mass is 10.0. The van der Waals surface area contributed by atoms with Crippen LogP contribution in [0.15, 0.2) is 0 Å². The van der Waals surface area contributed by atoms with E-state index in [0.717, 1.165) is 12.8 Å². The second-order valence-electron chi connectivity index (χ2n) is 6.06. The molecule has 0 amide bonds. The topological polar surface area (TPSA) is 34.1 Å². The minimum atomic E-state index is -0.00561. The van der Waals surface area contributed by atoms with Crippen molar-refractivity contribution in [2.75, 3.05) is 0 Å². The highest BCUT2D eigenvalue weighted by atomic mass is 16.1. The number of carbonyl (C=O) groups is 2. The van der Waals surface area contributed by atoms with Crippen LogP contribution in [0.5, 0.6) is 0 Å². The molecule has 20 heavy (non-hydrogen) atoms. The van der Waals surface area contributed by atoms with Crippen molar-refractivity contribution in [1.29, 1.82) is 0 Å². The molecule has 0 aromatic rings. The minimum Gasteiger partial charge on any atom is -0.300 e. The SMILES string of the molecule is CCCCCCCCCCCCCCC(=O)CC(C)=O. The maximum absolute atomic E-state index is 11.3. The van der Waals surface area contributed by atoms with E-state index in [1.807, 2.05) is 0 Å². The van der Waals surface area contributed by atoms with Gasteiger partial charge in [0.15, 0.2) is 0 Å². The first kappa shape index (κ1) is 19.3. The average molecular weight is 282 g/mol. The van der Waals surface area contributed by atoms with E-state index in [4.69, 9.17) is 0 Å².